The highest BCUT2D eigenvalue weighted by atomic mass is 79.9. The molecule has 0 heterocycles. The minimum absolute atomic E-state index is 0.141. The molecule has 0 saturated heterocycles. The Labute approximate surface area is 188 Å². The number of nitrogens with one attached hydrogen (secondary N) is 3. The summed E-state index contributed by atoms with van der Waals surface area (Å²) in [5.41, 5.74) is 5.47. The van der Waals surface area contributed by atoms with E-state index < -0.39 is 11.8 Å². The molecule has 2 aromatic carbocycles. The largest absolute Gasteiger partial charge is 0.484 e. The van der Waals surface area contributed by atoms with Crippen molar-refractivity contribution in [2.45, 2.75) is 13.8 Å². The fourth-order valence-electron chi connectivity index (χ4n) is 2.54. The SMILES string of the molecule is C=CCNC(=O)C(=O)N/N=C\c1ccc(OCC(=O)Nc2c(C)cc(Br)cc2C)cc1. The highest BCUT2D eigenvalue weighted by molar-refractivity contribution is 9.10. The van der Waals surface area contributed by atoms with E-state index in [0.717, 1.165) is 21.3 Å². The van der Waals surface area contributed by atoms with Crippen LogP contribution in [0, 0.1) is 13.8 Å². The van der Waals surface area contributed by atoms with Crippen LogP contribution >= 0.6 is 15.9 Å². The highest BCUT2D eigenvalue weighted by Gasteiger charge is 2.11. The van der Waals surface area contributed by atoms with Crippen LogP contribution in [-0.2, 0) is 14.4 Å². The maximum Gasteiger partial charge on any atom is 0.329 e. The first kappa shape index (κ1) is 23.8. The molecule has 162 valence electrons. The van der Waals surface area contributed by atoms with E-state index in [-0.39, 0.29) is 19.1 Å². The van der Waals surface area contributed by atoms with E-state index in [1.165, 1.54) is 12.3 Å². The molecular weight excluding hydrogens is 464 g/mol. The van der Waals surface area contributed by atoms with Crippen molar-refractivity contribution in [2.24, 2.45) is 5.10 Å². The number of benzene rings is 2. The Morgan fingerprint density at radius 1 is 1.10 bits per heavy atom. The van der Waals surface area contributed by atoms with Gasteiger partial charge in [0.1, 0.15) is 5.75 Å². The number of hydrazone groups is 1. The van der Waals surface area contributed by atoms with Gasteiger partial charge in [-0.15, -0.1) is 6.58 Å². The summed E-state index contributed by atoms with van der Waals surface area (Å²) >= 11 is 3.43. The molecule has 0 fully saturated rings. The monoisotopic (exact) mass is 486 g/mol. The van der Waals surface area contributed by atoms with Gasteiger partial charge in [0.05, 0.1) is 6.21 Å². The molecule has 0 bridgehead atoms. The average molecular weight is 487 g/mol. The summed E-state index contributed by atoms with van der Waals surface area (Å²) < 4.78 is 6.47. The van der Waals surface area contributed by atoms with Crippen LogP contribution in [0.4, 0.5) is 5.69 Å². The van der Waals surface area contributed by atoms with Crippen LogP contribution in [0.2, 0.25) is 0 Å². The molecule has 9 heteroatoms. The van der Waals surface area contributed by atoms with Gasteiger partial charge in [-0.25, -0.2) is 5.43 Å². The Balaban J connectivity index is 1.83. The van der Waals surface area contributed by atoms with Crippen molar-refractivity contribution in [3.05, 3.63) is 70.2 Å². The topological polar surface area (TPSA) is 109 Å². The second-order valence-corrected chi connectivity index (χ2v) is 7.43. The quantitative estimate of drug-likeness (QED) is 0.230. The molecule has 3 amide bonds. The van der Waals surface area contributed by atoms with Gasteiger partial charge in [-0.05, 0) is 66.9 Å². The van der Waals surface area contributed by atoms with E-state index in [2.05, 4.69) is 43.7 Å². The van der Waals surface area contributed by atoms with E-state index >= 15 is 0 Å². The maximum atomic E-state index is 12.2. The molecule has 31 heavy (non-hydrogen) atoms. The van der Waals surface area contributed by atoms with Gasteiger partial charge in [-0.2, -0.15) is 5.10 Å². The number of ether oxygens (including phenoxy) is 1. The molecule has 0 aliphatic carbocycles. The van der Waals surface area contributed by atoms with Gasteiger partial charge in [0.2, 0.25) is 0 Å². The molecule has 0 aliphatic heterocycles. The molecule has 2 aromatic rings. The number of aryl methyl sites for hydroxylation is 2. The lowest BCUT2D eigenvalue weighted by Gasteiger charge is -2.13. The predicted molar refractivity (Wildman–Crippen MR) is 123 cm³/mol. The van der Waals surface area contributed by atoms with E-state index in [1.54, 1.807) is 24.3 Å². The Kier molecular flexibility index (Phi) is 8.95. The van der Waals surface area contributed by atoms with Crippen molar-refractivity contribution in [3.8, 4) is 5.75 Å². The summed E-state index contributed by atoms with van der Waals surface area (Å²) in [6.45, 7) is 7.34. The Bertz CT molecular complexity index is 980. The van der Waals surface area contributed by atoms with Crippen LogP contribution in [0.1, 0.15) is 16.7 Å². The number of hydrogen-bond acceptors (Lipinski definition) is 5. The predicted octanol–water partition coefficient (Wildman–Crippen LogP) is 2.84. The summed E-state index contributed by atoms with van der Waals surface area (Å²) in [5, 5.41) is 8.93. The number of rotatable bonds is 8. The summed E-state index contributed by atoms with van der Waals surface area (Å²) in [4.78, 5) is 35.1. The molecule has 3 N–H and O–H groups in total. The van der Waals surface area contributed by atoms with Gasteiger partial charge in [0, 0.05) is 16.7 Å². The summed E-state index contributed by atoms with van der Waals surface area (Å²) in [6, 6.07) is 10.6. The van der Waals surface area contributed by atoms with Crippen LogP contribution < -0.4 is 20.8 Å². The number of halogens is 1. The third kappa shape index (κ3) is 7.71. The number of carbonyl (C=O) groups excluding carboxylic acids is 3. The second-order valence-electron chi connectivity index (χ2n) is 6.52. The molecule has 8 nitrogen and oxygen atoms in total. The fourth-order valence-corrected chi connectivity index (χ4v) is 3.23. The second kappa shape index (κ2) is 11.7. The normalized spacial score (nSPS) is 10.4. The number of anilines is 1. The van der Waals surface area contributed by atoms with Gasteiger partial charge in [0.25, 0.3) is 5.91 Å². The van der Waals surface area contributed by atoms with Crippen molar-refractivity contribution in [1.29, 1.82) is 0 Å². The molecule has 0 unspecified atom stereocenters. The van der Waals surface area contributed by atoms with Crippen molar-refractivity contribution in [3.63, 3.8) is 0 Å². The molecule has 0 radical (unpaired) electrons. The first-order chi connectivity index (χ1) is 14.8. The lowest BCUT2D eigenvalue weighted by molar-refractivity contribution is -0.139. The lowest BCUT2D eigenvalue weighted by Crippen LogP contribution is -2.37. The zero-order chi connectivity index (χ0) is 22.8. The Hall–Kier alpha value is -3.46. The van der Waals surface area contributed by atoms with Crippen LogP contribution in [0.3, 0.4) is 0 Å². The smallest absolute Gasteiger partial charge is 0.329 e. The number of carbonyl (C=O) groups is 3. The van der Waals surface area contributed by atoms with Crippen molar-refractivity contribution in [2.75, 3.05) is 18.5 Å². The lowest BCUT2D eigenvalue weighted by atomic mass is 10.1. The number of nitrogens with zero attached hydrogens (tertiary/aromatic N) is 1. The average Bonchev–Trinajstić information content (AvgIpc) is 2.73. The van der Waals surface area contributed by atoms with Gasteiger partial charge >= 0.3 is 11.8 Å². The minimum Gasteiger partial charge on any atom is -0.484 e. The van der Waals surface area contributed by atoms with Gasteiger partial charge in [-0.1, -0.05) is 22.0 Å². The van der Waals surface area contributed by atoms with E-state index in [0.29, 0.717) is 11.3 Å². The van der Waals surface area contributed by atoms with E-state index in [1.807, 2.05) is 26.0 Å². The Morgan fingerprint density at radius 2 is 1.74 bits per heavy atom. The molecule has 0 saturated carbocycles. The number of amides is 3. The van der Waals surface area contributed by atoms with Gasteiger partial charge < -0.3 is 15.4 Å². The van der Waals surface area contributed by atoms with Crippen LogP contribution in [0.15, 0.2) is 58.6 Å². The molecule has 2 rings (SSSR count). The van der Waals surface area contributed by atoms with Gasteiger partial charge in [0.15, 0.2) is 6.61 Å². The zero-order valence-electron chi connectivity index (χ0n) is 17.2. The standard InChI is InChI=1S/C22H23BrN4O4/c1-4-9-24-21(29)22(30)27-25-12-16-5-7-18(8-6-16)31-13-19(28)26-20-14(2)10-17(23)11-15(20)3/h4-8,10-12H,1,9,13H2,2-3H3,(H,24,29)(H,26,28)(H,27,30)/b25-12-. The number of hydrogen-bond donors (Lipinski definition) is 3. The van der Waals surface area contributed by atoms with Crippen molar-refractivity contribution >= 4 is 45.6 Å². The first-order valence-corrected chi connectivity index (χ1v) is 10.1. The third-order valence-electron chi connectivity index (χ3n) is 4.00. The van der Waals surface area contributed by atoms with Gasteiger partial charge in [-0.3, -0.25) is 14.4 Å². The van der Waals surface area contributed by atoms with Crippen LogP contribution in [0.5, 0.6) is 5.75 Å². The molecule has 0 spiro atoms. The van der Waals surface area contributed by atoms with E-state index in [4.69, 9.17) is 4.74 Å². The summed E-state index contributed by atoms with van der Waals surface area (Å²) in [6.07, 6.45) is 2.85. The first-order valence-electron chi connectivity index (χ1n) is 9.31. The van der Waals surface area contributed by atoms with Crippen LogP contribution in [-0.4, -0.2) is 37.1 Å². The molecule has 0 aromatic heterocycles. The van der Waals surface area contributed by atoms with Crippen molar-refractivity contribution in [1.82, 2.24) is 10.7 Å². The third-order valence-corrected chi connectivity index (χ3v) is 4.46. The van der Waals surface area contributed by atoms with Crippen molar-refractivity contribution < 1.29 is 19.1 Å². The van der Waals surface area contributed by atoms with E-state index in [9.17, 15) is 14.4 Å². The molecule has 0 atom stereocenters. The highest BCUT2D eigenvalue weighted by Crippen LogP contribution is 2.25. The van der Waals surface area contributed by atoms with Crippen LogP contribution in [0.25, 0.3) is 0 Å². The Morgan fingerprint density at radius 3 is 2.35 bits per heavy atom. The summed E-state index contributed by atoms with van der Waals surface area (Å²) in [5.74, 6) is -1.44. The molecule has 0 aliphatic rings. The molecular formula is C22H23BrN4O4. The zero-order valence-corrected chi connectivity index (χ0v) is 18.8. The minimum atomic E-state index is -0.875. The maximum absolute atomic E-state index is 12.2. The summed E-state index contributed by atoms with van der Waals surface area (Å²) in [7, 11) is 0. The fraction of sp³-hybridized carbons (Fsp3) is 0.182.